The third-order valence-corrected chi connectivity index (χ3v) is 4.15. The van der Waals surface area contributed by atoms with Gasteiger partial charge in [-0.05, 0) is 35.9 Å². The second-order valence-corrected chi connectivity index (χ2v) is 5.81. The van der Waals surface area contributed by atoms with Crippen molar-refractivity contribution in [2.45, 2.75) is 6.04 Å². The molecule has 0 bridgehead atoms. The quantitative estimate of drug-likeness (QED) is 0.741. The summed E-state index contributed by atoms with van der Waals surface area (Å²) in [7, 11) is 5.08. The highest BCUT2D eigenvalue weighted by atomic mass is 16.5. The van der Waals surface area contributed by atoms with E-state index in [1.54, 1.807) is 44.7 Å². The smallest absolute Gasteiger partial charge is 0.252 e. The molecular formula is C20H21N3O3. The molecular weight excluding hydrogens is 330 g/mol. The number of hydrogen-bond acceptors (Lipinski definition) is 4. The van der Waals surface area contributed by atoms with E-state index in [2.05, 4.69) is 10.3 Å². The standard InChI is InChI=1S/C20H21N3O3/c1-23-11-10-21-19(23)18(14-6-4-8-16(12-14)25-2)22-20(24)15-7-5-9-17(13-15)26-3/h4-13,18H,1-3H3,(H,22,24). The molecule has 6 nitrogen and oxygen atoms in total. The van der Waals surface area contributed by atoms with Gasteiger partial charge in [0, 0.05) is 25.0 Å². The summed E-state index contributed by atoms with van der Waals surface area (Å²) in [5.74, 6) is 1.87. The van der Waals surface area contributed by atoms with Crippen molar-refractivity contribution in [1.82, 2.24) is 14.9 Å². The Bertz CT molecular complexity index is 905. The highest BCUT2D eigenvalue weighted by molar-refractivity contribution is 5.95. The van der Waals surface area contributed by atoms with E-state index in [-0.39, 0.29) is 5.91 Å². The molecule has 0 spiro atoms. The molecule has 0 aliphatic heterocycles. The summed E-state index contributed by atoms with van der Waals surface area (Å²) in [4.78, 5) is 17.2. The minimum Gasteiger partial charge on any atom is -0.497 e. The molecule has 0 radical (unpaired) electrons. The van der Waals surface area contributed by atoms with Crippen LogP contribution in [0.1, 0.15) is 27.8 Å². The number of amides is 1. The Hall–Kier alpha value is -3.28. The molecule has 6 heteroatoms. The first-order chi connectivity index (χ1) is 12.6. The van der Waals surface area contributed by atoms with Crippen LogP contribution in [0.5, 0.6) is 11.5 Å². The van der Waals surface area contributed by atoms with Gasteiger partial charge in [-0.25, -0.2) is 4.98 Å². The number of ether oxygens (including phenoxy) is 2. The first-order valence-electron chi connectivity index (χ1n) is 8.18. The summed E-state index contributed by atoms with van der Waals surface area (Å²) < 4.78 is 12.4. The molecule has 3 rings (SSSR count). The van der Waals surface area contributed by atoms with Crippen LogP contribution in [0.3, 0.4) is 0 Å². The first kappa shape index (κ1) is 17.5. The number of hydrogen-bond donors (Lipinski definition) is 1. The monoisotopic (exact) mass is 351 g/mol. The maximum absolute atomic E-state index is 12.8. The molecule has 2 aromatic carbocycles. The number of aromatic nitrogens is 2. The average Bonchev–Trinajstić information content (AvgIpc) is 3.11. The number of carbonyl (C=O) groups is 1. The predicted molar refractivity (Wildman–Crippen MR) is 98.5 cm³/mol. The highest BCUT2D eigenvalue weighted by Crippen LogP contribution is 2.25. The van der Waals surface area contributed by atoms with Gasteiger partial charge in [0.2, 0.25) is 0 Å². The average molecular weight is 351 g/mol. The molecule has 1 amide bonds. The van der Waals surface area contributed by atoms with Gasteiger partial charge in [0.1, 0.15) is 23.4 Å². The Labute approximate surface area is 152 Å². The van der Waals surface area contributed by atoms with Crippen LogP contribution in [0.4, 0.5) is 0 Å². The van der Waals surface area contributed by atoms with Gasteiger partial charge in [0.15, 0.2) is 0 Å². The molecule has 1 aromatic heterocycles. The van der Waals surface area contributed by atoms with E-state index < -0.39 is 6.04 Å². The summed E-state index contributed by atoms with van der Waals surface area (Å²) in [6, 6.07) is 14.2. The van der Waals surface area contributed by atoms with Crippen LogP contribution >= 0.6 is 0 Å². The number of carbonyl (C=O) groups excluding carboxylic acids is 1. The number of nitrogens with zero attached hydrogens (tertiary/aromatic N) is 2. The van der Waals surface area contributed by atoms with Gasteiger partial charge in [0.25, 0.3) is 5.91 Å². The van der Waals surface area contributed by atoms with Crippen LogP contribution < -0.4 is 14.8 Å². The normalized spacial score (nSPS) is 11.7. The van der Waals surface area contributed by atoms with Gasteiger partial charge in [0.05, 0.1) is 14.2 Å². The van der Waals surface area contributed by atoms with Crippen molar-refractivity contribution in [2.75, 3.05) is 14.2 Å². The number of nitrogens with one attached hydrogen (secondary N) is 1. The van der Waals surface area contributed by atoms with Crippen LogP contribution in [0.2, 0.25) is 0 Å². The highest BCUT2D eigenvalue weighted by Gasteiger charge is 2.22. The molecule has 1 atom stereocenters. The number of methoxy groups -OCH3 is 2. The molecule has 1 unspecified atom stereocenters. The van der Waals surface area contributed by atoms with Crippen molar-refractivity contribution in [2.24, 2.45) is 7.05 Å². The Morgan fingerprint density at radius 3 is 2.42 bits per heavy atom. The van der Waals surface area contributed by atoms with Crippen molar-refractivity contribution in [1.29, 1.82) is 0 Å². The van der Waals surface area contributed by atoms with Gasteiger partial charge in [-0.15, -0.1) is 0 Å². The molecule has 1 N–H and O–H groups in total. The zero-order valence-corrected chi connectivity index (χ0v) is 15.0. The lowest BCUT2D eigenvalue weighted by molar-refractivity contribution is 0.0940. The second kappa shape index (κ2) is 7.74. The SMILES string of the molecule is COc1cccc(C(=O)NC(c2cccc(OC)c2)c2nccn2C)c1. The molecule has 3 aromatic rings. The fraction of sp³-hybridized carbons (Fsp3) is 0.200. The van der Waals surface area contributed by atoms with E-state index in [4.69, 9.17) is 9.47 Å². The molecule has 0 aliphatic carbocycles. The van der Waals surface area contributed by atoms with Crippen LogP contribution in [0, 0.1) is 0 Å². The summed E-state index contributed by atoms with van der Waals surface area (Å²) in [5, 5.41) is 3.06. The minimum absolute atomic E-state index is 0.209. The Morgan fingerprint density at radius 1 is 1.08 bits per heavy atom. The van der Waals surface area contributed by atoms with Crippen molar-refractivity contribution in [3.8, 4) is 11.5 Å². The molecule has 0 fully saturated rings. The van der Waals surface area contributed by atoms with E-state index in [9.17, 15) is 4.79 Å². The van der Waals surface area contributed by atoms with Crippen LogP contribution in [-0.4, -0.2) is 29.7 Å². The van der Waals surface area contributed by atoms with Crippen molar-refractivity contribution < 1.29 is 14.3 Å². The van der Waals surface area contributed by atoms with E-state index in [1.165, 1.54) is 0 Å². The second-order valence-electron chi connectivity index (χ2n) is 5.81. The zero-order valence-electron chi connectivity index (χ0n) is 15.0. The van der Waals surface area contributed by atoms with Crippen molar-refractivity contribution >= 4 is 5.91 Å². The largest absolute Gasteiger partial charge is 0.497 e. The summed E-state index contributed by atoms with van der Waals surface area (Å²) in [6.07, 6.45) is 3.56. The molecule has 134 valence electrons. The first-order valence-corrected chi connectivity index (χ1v) is 8.18. The number of imidazole rings is 1. The van der Waals surface area contributed by atoms with E-state index in [0.29, 0.717) is 11.3 Å². The third-order valence-electron chi connectivity index (χ3n) is 4.15. The number of aryl methyl sites for hydroxylation is 1. The molecule has 0 saturated carbocycles. The lowest BCUT2D eigenvalue weighted by Gasteiger charge is -2.20. The van der Waals surface area contributed by atoms with E-state index in [1.807, 2.05) is 42.1 Å². The Kier molecular flexibility index (Phi) is 5.22. The van der Waals surface area contributed by atoms with Crippen molar-refractivity contribution in [3.63, 3.8) is 0 Å². The Balaban J connectivity index is 1.95. The number of benzene rings is 2. The summed E-state index contributed by atoms with van der Waals surface area (Å²) in [5.41, 5.74) is 1.40. The van der Waals surface area contributed by atoms with E-state index >= 15 is 0 Å². The van der Waals surface area contributed by atoms with E-state index in [0.717, 1.165) is 17.1 Å². The molecule has 1 heterocycles. The third kappa shape index (κ3) is 3.69. The maximum Gasteiger partial charge on any atom is 0.252 e. The van der Waals surface area contributed by atoms with Gasteiger partial charge in [-0.1, -0.05) is 18.2 Å². The predicted octanol–water partition coefficient (Wildman–Crippen LogP) is 2.96. The van der Waals surface area contributed by atoms with Crippen LogP contribution in [-0.2, 0) is 7.05 Å². The Morgan fingerprint density at radius 2 is 1.77 bits per heavy atom. The zero-order chi connectivity index (χ0) is 18.5. The van der Waals surface area contributed by atoms with Crippen LogP contribution in [0.25, 0.3) is 0 Å². The van der Waals surface area contributed by atoms with Crippen LogP contribution in [0.15, 0.2) is 60.9 Å². The lowest BCUT2D eigenvalue weighted by atomic mass is 10.0. The molecule has 0 saturated heterocycles. The molecule has 26 heavy (non-hydrogen) atoms. The van der Waals surface area contributed by atoms with Gasteiger partial charge in [-0.3, -0.25) is 4.79 Å². The topological polar surface area (TPSA) is 65.4 Å². The fourth-order valence-electron chi connectivity index (χ4n) is 2.75. The summed E-state index contributed by atoms with van der Waals surface area (Å²) >= 11 is 0. The van der Waals surface area contributed by atoms with Gasteiger partial charge >= 0.3 is 0 Å². The summed E-state index contributed by atoms with van der Waals surface area (Å²) in [6.45, 7) is 0. The number of rotatable bonds is 6. The molecule has 0 aliphatic rings. The lowest BCUT2D eigenvalue weighted by Crippen LogP contribution is -2.31. The maximum atomic E-state index is 12.8. The van der Waals surface area contributed by atoms with Crippen molar-refractivity contribution in [3.05, 3.63) is 77.9 Å². The fourth-order valence-corrected chi connectivity index (χ4v) is 2.75. The minimum atomic E-state index is -0.413. The van der Waals surface area contributed by atoms with Gasteiger partial charge < -0.3 is 19.4 Å². The van der Waals surface area contributed by atoms with Gasteiger partial charge in [-0.2, -0.15) is 0 Å².